The summed E-state index contributed by atoms with van der Waals surface area (Å²) in [6.45, 7) is 0. The van der Waals surface area contributed by atoms with E-state index in [4.69, 9.17) is 9.15 Å². The van der Waals surface area contributed by atoms with Crippen molar-refractivity contribution in [1.29, 1.82) is 0 Å². The Balaban J connectivity index is 1.88. The molecule has 27 heavy (non-hydrogen) atoms. The zero-order valence-corrected chi connectivity index (χ0v) is 14.6. The van der Waals surface area contributed by atoms with Crippen molar-refractivity contribution < 1.29 is 13.9 Å². The molecule has 0 spiro atoms. The summed E-state index contributed by atoms with van der Waals surface area (Å²) in [5.41, 5.74) is 2.87. The summed E-state index contributed by atoms with van der Waals surface area (Å²) in [6.07, 6.45) is 5.09. The van der Waals surface area contributed by atoms with Gasteiger partial charge in [0.05, 0.1) is 18.2 Å². The fraction of sp³-hybridized carbons (Fsp3) is 0.0455. The van der Waals surface area contributed by atoms with E-state index in [0.29, 0.717) is 28.0 Å². The molecule has 2 heterocycles. The van der Waals surface area contributed by atoms with E-state index >= 15 is 0 Å². The third kappa shape index (κ3) is 3.35. The van der Waals surface area contributed by atoms with Gasteiger partial charge in [-0.3, -0.25) is 9.78 Å². The molecule has 4 aromatic rings. The number of hydrogen-bond acceptors (Lipinski definition) is 5. The Morgan fingerprint density at radius 3 is 2.63 bits per heavy atom. The lowest BCUT2D eigenvalue weighted by Crippen LogP contribution is -2.05. The minimum Gasteiger partial charge on any atom is -0.496 e. The number of fused-ring (bicyclic) bond motifs is 1. The number of allylic oxidation sites excluding steroid dienone is 1. The van der Waals surface area contributed by atoms with Gasteiger partial charge in [-0.1, -0.05) is 30.3 Å². The second kappa shape index (κ2) is 7.25. The Kier molecular flexibility index (Phi) is 4.49. The maximum absolute atomic E-state index is 13.3. The number of Topliss-reactive ketones (excluding diaryl/α,β-unsaturated/α-hetero) is 1. The summed E-state index contributed by atoms with van der Waals surface area (Å²) in [6, 6.07) is 18.2. The molecule has 0 bridgehead atoms. The summed E-state index contributed by atoms with van der Waals surface area (Å²) in [4.78, 5) is 21.9. The predicted octanol–water partition coefficient (Wildman–Crippen LogP) is 4.65. The Labute approximate surface area is 156 Å². The summed E-state index contributed by atoms with van der Waals surface area (Å²) in [7, 11) is 1.54. The number of oxazole rings is 1. The zero-order chi connectivity index (χ0) is 18.6. The predicted molar refractivity (Wildman–Crippen MR) is 103 cm³/mol. The van der Waals surface area contributed by atoms with Gasteiger partial charge in [0.25, 0.3) is 0 Å². The lowest BCUT2D eigenvalue weighted by atomic mass is 10.0. The smallest absolute Gasteiger partial charge is 0.231 e. The second-order valence-electron chi connectivity index (χ2n) is 5.86. The number of ether oxygens (including phenoxy) is 1. The van der Waals surface area contributed by atoms with Crippen LogP contribution >= 0.6 is 0 Å². The molecule has 5 nitrogen and oxygen atoms in total. The molecule has 0 aliphatic rings. The number of carbonyl (C=O) groups excluding carboxylic acids is 1. The second-order valence-corrected chi connectivity index (χ2v) is 5.86. The summed E-state index contributed by atoms with van der Waals surface area (Å²) >= 11 is 0. The Morgan fingerprint density at radius 2 is 1.85 bits per heavy atom. The molecule has 2 aromatic heterocycles. The Hall–Kier alpha value is -3.73. The van der Waals surface area contributed by atoms with E-state index in [1.165, 1.54) is 7.11 Å². The summed E-state index contributed by atoms with van der Waals surface area (Å²) in [5.74, 6) is 0.523. The normalized spacial score (nSPS) is 11.5. The van der Waals surface area contributed by atoms with Crippen LogP contribution in [0.4, 0.5) is 0 Å². The minimum absolute atomic E-state index is 0.233. The quantitative estimate of drug-likeness (QED) is 0.384. The summed E-state index contributed by atoms with van der Waals surface area (Å²) < 4.78 is 11.2. The molecule has 0 radical (unpaired) electrons. The molecule has 0 N–H and O–H groups in total. The van der Waals surface area contributed by atoms with E-state index in [0.717, 1.165) is 5.56 Å². The Bertz CT molecular complexity index is 1100. The van der Waals surface area contributed by atoms with Crippen LogP contribution in [0.25, 0.3) is 22.7 Å². The van der Waals surface area contributed by atoms with Gasteiger partial charge < -0.3 is 9.15 Å². The number of methoxy groups -OCH3 is 1. The maximum atomic E-state index is 13.3. The number of rotatable bonds is 5. The molecule has 5 heteroatoms. The van der Waals surface area contributed by atoms with E-state index in [2.05, 4.69) is 9.97 Å². The van der Waals surface area contributed by atoms with Gasteiger partial charge in [0, 0.05) is 12.4 Å². The van der Waals surface area contributed by atoms with E-state index < -0.39 is 0 Å². The highest BCUT2D eigenvalue weighted by molar-refractivity contribution is 6.32. The molecular weight excluding hydrogens is 340 g/mol. The highest BCUT2D eigenvalue weighted by atomic mass is 16.5. The largest absolute Gasteiger partial charge is 0.496 e. The molecular formula is C22H16N2O3. The Morgan fingerprint density at radius 1 is 1.04 bits per heavy atom. The number of benzene rings is 2. The number of aromatic nitrogens is 2. The van der Waals surface area contributed by atoms with Crippen LogP contribution in [-0.2, 0) is 0 Å². The van der Waals surface area contributed by atoms with Crippen LogP contribution in [0.2, 0.25) is 0 Å². The van der Waals surface area contributed by atoms with Crippen LogP contribution in [-0.4, -0.2) is 22.9 Å². The number of carbonyl (C=O) groups is 1. The van der Waals surface area contributed by atoms with Gasteiger partial charge >= 0.3 is 0 Å². The van der Waals surface area contributed by atoms with Crippen LogP contribution in [0.3, 0.4) is 0 Å². The maximum Gasteiger partial charge on any atom is 0.231 e. The van der Waals surface area contributed by atoms with Gasteiger partial charge in [0.1, 0.15) is 11.3 Å². The van der Waals surface area contributed by atoms with Crippen molar-refractivity contribution in [3.63, 3.8) is 0 Å². The number of para-hydroxylation sites is 3. The number of ketones is 1. The zero-order valence-electron chi connectivity index (χ0n) is 14.6. The van der Waals surface area contributed by atoms with Gasteiger partial charge in [-0.15, -0.1) is 0 Å². The van der Waals surface area contributed by atoms with Crippen molar-refractivity contribution in [3.05, 3.63) is 90.1 Å². The average molecular weight is 356 g/mol. The first-order valence-corrected chi connectivity index (χ1v) is 8.41. The molecule has 0 atom stereocenters. The first-order valence-electron chi connectivity index (χ1n) is 8.41. The van der Waals surface area contributed by atoms with Gasteiger partial charge in [0.2, 0.25) is 11.7 Å². The standard InChI is InChI=1S/C22H16N2O3/c1-26-19-10-4-2-8-16(19)21(25)17(13-15-7-6-12-23-14-15)22-24-18-9-3-5-11-20(18)27-22/h2-14H,1H3. The van der Waals surface area contributed by atoms with Gasteiger partial charge in [-0.25, -0.2) is 4.98 Å². The monoisotopic (exact) mass is 356 g/mol. The minimum atomic E-state index is -0.233. The van der Waals surface area contributed by atoms with Crippen molar-refractivity contribution >= 4 is 28.5 Å². The number of hydrogen-bond donors (Lipinski definition) is 0. The number of nitrogens with zero attached hydrogens (tertiary/aromatic N) is 2. The highest BCUT2D eigenvalue weighted by Gasteiger charge is 2.22. The third-order valence-electron chi connectivity index (χ3n) is 4.12. The number of pyridine rings is 1. The van der Waals surface area contributed by atoms with Crippen molar-refractivity contribution in [2.24, 2.45) is 0 Å². The molecule has 0 aliphatic carbocycles. The van der Waals surface area contributed by atoms with Crippen LogP contribution in [0.1, 0.15) is 21.8 Å². The molecule has 4 rings (SSSR count). The molecule has 0 saturated heterocycles. The van der Waals surface area contributed by atoms with Crippen molar-refractivity contribution in [2.45, 2.75) is 0 Å². The molecule has 0 amide bonds. The van der Waals surface area contributed by atoms with Crippen LogP contribution in [0.5, 0.6) is 5.75 Å². The van der Waals surface area contributed by atoms with Gasteiger partial charge in [0.15, 0.2) is 5.58 Å². The van der Waals surface area contributed by atoms with Crippen LogP contribution < -0.4 is 4.74 Å². The van der Waals surface area contributed by atoms with Crippen LogP contribution in [0.15, 0.2) is 77.5 Å². The molecule has 0 saturated carbocycles. The molecule has 0 fully saturated rings. The first-order chi connectivity index (χ1) is 13.3. The molecule has 132 valence electrons. The van der Waals surface area contributed by atoms with E-state index in [1.807, 2.05) is 42.5 Å². The summed E-state index contributed by atoms with van der Waals surface area (Å²) in [5, 5.41) is 0. The van der Waals surface area contributed by atoms with Gasteiger partial charge in [-0.2, -0.15) is 0 Å². The molecule has 2 aromatic carbocycles. The van der Waals surface area contributed by atoms with Crippen molar-refractivity contribution in [1.82, 2.24) is 9.97 Å². The molecule has 0 unspecified atom stereocenters. The average Bonchev–Trinajstić information content (AvgIpc) is 3.16. The van der Waals surface area contributed by atoms with Crippen molar-refractivity contribution in [3.8, 4) is 5.75 Å². The van der Waals surface area contributed by atoms with Crippen LogP contribution in [0, 0.1) is 0 Å². The lowest BCUT2D eigenvalue weighted by molar-refractivity contribution is 0.105. The van der Waals surface area contributed by atoms with Gasteiger partial charge in [-0.05, 0) is 42.0 Å². The third-order valence-corrected chi connectivity index (χ3v) is 4.12. The van der Waals surface area contributed by atoms with Crippen molar-refractivity contribution in [2.75, 3.05) is 7.11 Å². The fourth-order valence-corrected chi connectivity index (χ4v) is 2.82. The highest BCUT2D eigenvalue weighted by Crippen LogP contribution is 2.29. The van der Waals surface area contributed by atoms with E-state index in [1.54, 1.807) is 36.7 Å². The van der Waals surface area contributed by atoms with E-state index in [9.17, 15) is 4.79 Å². The first kappa shape index (κ1) is 16.7. The lowest BCUT2D eigenvalue weighted by Gasteiger charge is -2.08. The SMILES string of the molecule is COc1ccccc1C(=O)C(=Cc1cccnc1)c1nc2ccccc2o1. The topological polar surface area (TPSA) is 65.2 Å². The van der Waals surface area contributed by atoms with E-state index in [-0.39, 0.29) is 11.7 Å². The fourth-order valence-electron chi connectivity index (χ4n) is 2.82. The molecule has 0 aliphatic heterocycles.